The van der Waals surface area contributed by atoms with Gasteiger partial charge < -0.3 is 59.3 Å². The molecule has 0 aromatic heterocycles. The molecule has 1 rings (SSSR count). The summed E-state index contributed by atoms with van der Waals surface area (Å²) >= 11 is 0. The summed E-state index contributed by atoms with van der Waals surface area (Å²) in [6, 6.07) is 0. The van der Waals surface area contributed by atoms with Crippen molar-refractivity contribution in [2.75, 3.05) is 95.0 Å². The zero-order valence-electron chi connectivity index (χ0n) is 21.9. The van der Waals surface area contributed by atoms with Crippen LogP contribution in [0, 0.1) is 11.3 Å². The fraction of sp³-hybridized carbons (Fsp3) is 0.909. The minimum absolute atomic E-state index is 0.0859. The maximum Gasteiger partial charge on any atom is 0.117 e. The zero-order chi connectivity index (χ0) is 27.2. The molecule has 1 aliphatic carbocycles. The summed E-state index contributed by atoms with van der Waals surface area (Å²) in [5.41, 5.74) is 3.65. The quantitative estimate of drug-likeness (QED) is 0.135. The molecule has 12 nitrogen and oxygen atoms in total. The van der Waals surface area contributed by atoms with Crippen LogP contribution in [0.1, 0.15) is 13.3 Å². The maximum atomic E-state index is 11.3. The van der Waals surface area contributed by atoms with Crippen molar-refractivity contribution < 1.29 is 53.6 Å². The molecule has 1 fully saturated rings. The molecule has 0 heterocycles. The van der Waals surface area contributed by atoms with Gasteiger partial charge in [0, 0.05) is 12.0 Å². The molecule has 0 amide bonds. The van der Waals surface area contributed by atoms with Crippen LogP contribution in [0.15, 0.2) is 0 Å². The molecule has 0 aliphatic heterocycles. The van der Waals surface area contributed by atoms with E-state index in [1.54, 1.807) is 0 Å². The molecule has 4 atom stereocenters. The number of likely N-dealkylation sites (N-methyl/N-ethyl adjacent to an activating group) is 2. The van der Waals surface area contributed by atoms with Gasteiger partial charge in [0.2, 0.25) is 0 Å². The number of hydrogen-bond acceptors (Lipinski definition) is 10. The lowest BCUT2D eigenvalue weighted by Crippen LogP contribution is -2.51. The van der Waals surface area contributed by atoms with Crippen LogP contribution < -0.4 is 15.9 Å². The van der Waals surface area contributed by atoms with Crippen molar-refractivity contribution in [2.45, 2.75) is 25.6 Å². The maximum absolute atomic E-state index is 11.3. The van der Waals surface area contributed by atoms with Crippen LogP contribution in [0.2, 0.25) is 0 Å². The number of aliphatic hydroxyl groups excluding tert-OH is 3. The van der Waals surface area contributed by atoms with Crippen molar-refractivity contribution in [3.8, 4) is 0 Å². The van der Waals surface area contributed by atoms with Gasteiger partial charge in [-0.15, -0.1) is 0 Å². The smallest absolute Gasteiger partial charge is 0.117 e. The van der Waals surface area contributed by atoms with Gasteiger partial charge in [-0.2, -0.15) is 0 Å². The summed E-state index contributed by atoms with van der Waals surface area (Å²) in [6.07, 6.45) is -0.530. The van der Waals surface area contributed by atoms with Crippen LogP contribution in [0.4, 0.5) is 0 Å². The van der Waals surface area contributed by atoms with Gasteiger partial charge in [0.25, 0.3) is 0 Å². The molecule has 1 saturated carbocycles. The van der Waals surface area contributed by atoms with Crippen LogP contribution in [0.5, 0.6) is 0 Å². The Kier molecular flexibility index (Phi) is 16.7. The zero-order valence-corrected chi connectivity index (χ0v) is 21.9. The van der Waals surface area contributed by atoms with Crippen molar-refractivity contribution in [2.24, 2.45) is 17.1 Å². The number of rotatable bonds is 14. The molecule has 0 saturated heterocycles. The highest BCUT2D eigenvalue weighted by Crippen LogP contribution is 2.55. The first kappa shape index (κ1) is 34.8. The second-order valence-corrected chi connectivity index (χ2v) is 10.5. The largest absolute Gasteiger partial charge is 0.549 e. The van der Waals surface area contributed by atoms with Gasteiger partial charge in [0.15, 0.2) is 0 Å². The first-order valence-electron chi connectivity index (χ1n) is 11.3. The van der Waals surface area contributed by atoms with Gasteiger partial charge in [-0.05, 0) is 12.3 Å². The molecule has 0 bridgehead atoms. The van der Waals surface area contributed by atoms with Gasteiger partial charge in [-0.25, -0.2) is 0 Å². The summed E-state index contributed by atoms with van der Waals surface area (Å²) in [4.78, 5) is 20.5. The number of aliphatic carboxylic acids is 2. The highest BCUT2D eigenvalue weighted by Gasteiger charge is 2.59. The lowest BCUT2D eigenvalue weighted by atomic mass is 9.95. The molecule has 34 heavy (non-hydrogen) atoms. The molecule has 0 aromatic rings. The SMILES string of the molecule is CC1CC1(C(=O)[O-])C(C[N+](C)(C)C)OCCO.C[N+](C)(C)CCOCC(O)CO.NCC(=O)[O-]. The lowest BCUT2D eigenvalue weighted by molar-refractivity contribution is -0.874. The van der Waals surface area contributed by atoms with Crippen LogP contribution >= 0.6 is 0 Å². The van der Waals surface area contributed by atoms with Crippen LogP contribution in [0.3, 0.4) is 0 Å². The van der Waals surface area contributed by atoms with Gasteiger partial charge in [-0.1, -0.05) is 6.92 Å². The summed E-state index contributed by atoms with van der Waals surface area (Å²) in [7, 11) is 12.2. The van der Waals surface area contributed by atoms with Gasteiger partial charge >= 0.3 is 0 Å². The Morgan fingerprint density at radius 3 is 1.88 bits per heavy atom. The van der Waals surface area contributed by atoms with E-state index < -0.39 is 29.6 Å². The van der Waals surface area contributed by atoms with E-state index in [0.717, 1.165) is 11.0 Å². The Bertz CT molecular complexity index is 579. The third-order valence-corrected chi connectivity index (χ3v) is 5.04. The van der Waals surface area contributed by atoms with E-state index in [4.69, 9.17) is 34.7 Å². The molecular formula is C22H47N3O9. The number of ether oxygens (including phenoxy) is 2. The Morgan fingerprint density at radius 1 is 1.09 bits per heavy atom. The molecule has 4 unspecified atom stereocenters. The molecule has 5 N–H and O–H groups in total. The minimum Gasteiger partial charge on any atom is -0.549 e. The van der Waals surface area contributed by atoms with E-state index in [0.29, 0.717) is 24.1 Å². The number of hydrogen-bond donors (Lipinski definition) is 4. The highest BCUT2D eigenvalue weighted by atomic mass is 16.5. The average molecular weight is 498 g/mol. The Morgan fingerprint density at radius 2 is 1.59 bits per heavy atom. The van der Waals surface area contributed by atoms with Crippen molar-refractivity contribution in [1.29, 1.82) is 0 Å². The third-order valence-electron chi connectivity index (χ3n) is 5.04. The Hall–Kier alpha value is -1.38. The van der Waals surface area contributed by atoms with Gasteiger partial charge in [0.1, 0.15) is 25.3 Å². The third kappa shape index (κ3) is 16.3. The van der Waals surface area contributed by atoms with Gasteiger partial charge in [-0.3, -0.25) is 0 Å². The van der Waals surface area contributed by atoms with E-state index in [2.05, 4.69) is 26.9 Å². The molecule has 0 aromatic carbocycles. The van der Waals surface area contributed by atoms with Crippen molar-refractivity contribution >= 4 is 11.9 Å². The number of aliphatic hydroxyl groups is 3. The number of carboxylic acids is 2. The van der Waals surface area contributed by atoms with E-state index in [1.807, 2.05) is 28.1 Å². The molecule has 12 heteroatoms. The minimum atomic E-state index is -1.22. The normalized spacial score (nSPS) is 21.3. The number of carboxylic acid groups (broad SMARTS) is 2. The number of quaternary nitrogens is 2. The molecule has 1 aliphatic rings. The predicted molar refractivity (Wildman–Crippen MR) is 122 cm³/mol. The van der Waals surface area contributed by atoms with Crippen molar-refractivity contribution in [3.63, 3.8) is 0 Å². The first-order chi connectivity index (χ1) is 15.5. The Labute approximate surface area is 203 Å². The average Bonchev–Trinajstić information content (AvgIpc) is 3.40. The van der Waals surface area contributed by atoms with E-state index in [9.17, 15) is 9.90 Å². The number of carbonyl (C=O) groups is 2. The molecule has 0 radical (unpaired) electrons. The standard InChI is InChI=1S/C12H23NO4.C8H20NO3.C2H5NO2/c1-9-7-12(9,11(15)16)10(17-6-5-14)8-13(2,3)4;1-9(2,3)4-5-12-7-8(11)6-10;3-1-2(4)5/h9-10,14H,5-8H2,1-4H3;8,10-11H,4-7H2,1-3H3;1,3H2,(H,4,5)/q;+1;/p-1. The number of carbonyl (C=O) groups excluding carboxylic acids is 2. The summed E-state index contributed by atoms with van der Waals surface area (Å²) < 4.78 is 12.1. The monoisotopic (exact) mass is 497 g/mol. The summed E-state index contributed by atoms with van der Waals surface area (Å²) in [5.74, 6) is -2.16. The van der Waals surface area contributed by atoms with E-state index in [-0.39, 0.29) is 38.9 Å². The molecular weight excluding hydrogens is 450 g/mol. The predicted octanol–water partition coefficient (Wildman–Crippen LogP) is -4.40. The second kappa shape index (κ2) is 16.3. The molecule has 0 spiro atoms. The van der Waals surface area contributed by atoms with Crippen molar-refractivity contribution in [3.05, 3.63) is 0 Å². The Balaban J connectivity index is 0. The fourth-order valence-electron chi connectivity index (χ4n) is 2.98. The van der Waals surface area contributed by atoms with E-state index in [1.165, 1.54) is 0 Å². The topological polar surface area (TPSA) is 185 Å². The van der Waals surface area contributed by atoms with E-state index >= 15 is 0 Å². The second-order valence-electron chi connectivity index (χ2n) is 10.5. The first-order valence-corrected chi connectivity index (χ1v) is 11.3. The number of nitrogens with two attached hydrogens (primary N) is 1. The lowest BCUT2D eigenvalue weighted by Gasteiger charge is -2.34. The summed E-state index contributed by atoms with van der Waals surface area (Å²) in [6.45, 7) is 3.69. The summed E-state index contributed by atoms with van der Waals surface area (Å²) in [5, 5.41) is 46.6. The van der Waals surface area contributed by atoms with Crippen LogP contribution in [-0.4, -0.2) is 143 Å². The van der Waals surface area contributed by atoms with Crippen LogP contribution in [-0.2, 0) is 19.1 Å². The molecule has 204 valence electrons. The van der Waals surface area contributed by atoms with Gasteiger partial charge in [0.05, 0.1) is 87.3 Å². The van der Waals surface area contributed by atoms with Crippen molar-refractivity contribution in [1.82, 2.24) is 0 Å². The highest BCUT2D eigenvalue weighted by molar-refractivity contribution is 5.77. The van der Waals surface area contributed by atoms with Crippen LogP contribution in [0.25, 0.3) is 0 Å². The number of nitrogens with zero attached hydrogens (tertiary/aromatic N) is 2. The fourth-order valence-corrected chi connectivity index (χ4v) is 2.98.